The summed E-state index contributed by atoms with van der Waals surface area (Å²) in [5.74, 6) is 3.16. The van der Waals surface area contributed by atoms with E-state index in [0.717, 1.165) is 0 Å². The number of rotatable bonds is 5. The van der Waals surface area contributed by atoms with Crippen molar-refractivity contribution < 1.29 is 4.21 Å². The molecule has 1 heterocycles. The van der Waals surface area contributed by atoms with Crippen LogP contribution in [0.3, 0.4) is 0 Å². The van der Waals surface area contributed by atoms with E-state index in [0.29, 0.717) is 35.5 Å². The Hall–Kier alpha value is -1.17. The second-order valence-electron chi connectivity index (χ2n) is 5.11. The molecule has 0 aliphatic rings. The molecule has 1 rings (SSSR count). The van der Waals surface area contributed by atoms with Gasteiger partial charge in [0.15, 0.2) is 0 Å². The molecular weight excluding hydrogens is 248 g/mol. The van der Waals surface area contributed by atoms with Crippen molar-refractivity contribution in [3.05, 3.63) is 11.9 Å². The van der Waals surface area contributed by atoms with Gasteiger partial charge in [0, 0.05) is 40.3 Å². The van der Waals surface area contributed by atoms with Crippen LogP contribution in [0, 0.1) is 0 Å². The summed E-state index contributed by atoms with van der Waals surface area (Å²) in [4.78, 5) is 8.66. The van der Waals surface area contributed by atoms with Gasteiger partial charge in [-0.2, -0.15) is 0 Å². The molecule has 0 aromatic carbocycles. The van der Waals surface area contributed by atoms with Gasteiger partial charge in [-0.25, -0.2) is 9.97 Å². The van der Waals surface area contributed by atoms with Gasteiger partial charge in [0.2, 0.25) is 0 Å². The van der Waals surface area contributed by atoms with Crippen molar-refractivity contribution in [2.75, 3.05) is 29.1 Å². The zero-order valence-electron chi connectivity index (χ0n) is 11.5. The second-order valence-corrected chi connectivity index (χ2v) is 6.98. The van der Waals surface area contributed by atoms with Gasteiger partial charge < -0.3 is 11.1 Å². The number of nitrogens with two attached hydrogens (primary N) is 1. The van der Waals surface area contributed by atoms with Gasteiger partial charge in [0.1, 0.15) is 17.5 Å². The molecule has 5 nitrogen and oxygen atoms in total. The van der Waals surface area contributed by atoms with Crippen LogP contribution in [-0.2, 0) is 16.2 Å². The first-order valence-corrected chi connectivity index (χ1v) is 7.55. The molecule has 0 aliphatic heterocycles. The number of nitrogen functional groups attached to an aromatic ring is 1. The number of nitrogens with one attached hydrogen (secondary N) is 1. The number of hydrogen-bond donors (Lipinski definition) is 2. The highest BCUT2D eigenvalue weighted by molar-refractivity contribution is 7.84. The summed E-state index contributed by atoms with van der Waals surface area (Å²) in [5.41, 5.74) is 5.62. The second kappa shape index (κ2) is 6.13. The molecule has 1 aromatic heterocycles. The molecular formula is C12H22N4OS. The summed E-state index contributed by atoms with van der Waals surface area (Å²) < 4.78 is 11.3. The maximum atomic E-state index is 11.3. The predicted molar refractivity (Wildman–Crippen MR) is 77.2 cm³/mol. The van der Waals surface area contributed by atoms with Crippen LogP contribution in [0.5, 0.6) is 0 Å². The highest BCUT2D eigenvalue weighted by atomic mass is 32.2. The quantitative estimate of drug-likeness (QED) is 0.848. The Morgan fingerprint density at radius 2 is 2.06 bits per heavy atom. The minimum atomic E-state index is -0.766. The molecule has 0 amide bonds. The molecule has 0 saturated carbocycles. The first-order chi connectivity index (χ1) is 8.32. The third-order valence-electron chi connectivity index (χ3n) is 2.37. The van der Waals surface area contributed by atoms with Crippen molar-refractivity contribution in [2.45, 2.75) is 33.1 Å². The molecule has 0 spiro atoms. The summed E-state index contributed by atoms with van der Waals surface area (Å²) in [6.07, 6.45) is 0. The third kappa shape index (κ3) is 4.60. The van der Waals surface area contributed by atoms with Crippen molar-refractivity contribution in [1.29, 1.82) is 0 Å². The van der Waals surface area contributed by atoms with E-state index < -0.39 is 10.8 Å². The van der Waals surface area contributed by atoms with Crippen LogP contribution < -0.4 is 11.1 Å². The predicted octanol–water partition coefficient (Wildman–Crippen LogP) is 1.54. The van der Waals surface area contributed by atoms with Crippen molar-refractivity contribution in [3.8, 4) is 0 Å². The summed E-state index contributed by atoms with van der Waals surface area (Å²) in [6, 6.07) is 1.70. The maximum Gasteiger partial charge on any atom is 0.138 e. The summed E-state index contributed by atoms with van der Waals surface area (Å²) in [6.45, 7) is 8.66. The van der Waals surface area contributed by atoms with E-state index in [1.165, 1.54) is 0 Å². The van der Waals surface area contributed by atoms with Gasteiger partial charge >= 0.3 is 0 Å². The Morgan fingerprint density at radius 1 is 1.39 bits per heavy atom. The molecule has 3 N–H and O–H groups in total. The van der Waals surface area contributed by atoms with Crippen molar-refractivity contribution >= 4 is 22.4 Å². The molecule has 1 atom stereocenters. The summed E-state index contributed by atoms with van der Waals surface area (Å²) in [7, 11) is -0.766. The van der Waals surface area contributed by atoms with E-state index in [1.54, 1.807) is 6.07 Å². The first kappa shape index (κ1) is 14.9. The number of nitrogens with zero attached hydrogens (tertiary/aromatic N) is 2. The van der Waals surface area contributed by atoms with E-state index in [9.17, 15) is 4.21 Å². The van der Waals surface area contributed by atoms with Crippen LogP contribution in [0.2, 0.25) is 0 Å². The average molecular weight is 270 g/mol. The number of hydrogen-bond acceptors (Lipinski definition) is 5. The molecule has 102 valence electrons. The van der Waals surface area contributed by atoms with Gasteiger partial charge in [-0.1, -0.05) is 27.7 Å². The summed E-state index contributed by atoms with van der Waals surface area (Å²) >= 11 is 0. The Bertz CT molecular complexity index is 429. The van der Waals surface area contributed by atoms with Crippen LogP contribution in [0.1, 0.15) is 33.5 Å². The third-order valence-corrected chi connectivity index (χ3v) is 3.68. The smallest absolute Gasteiger partial charge is 0.138 e. The normalized spacial score (nSPS) is 13.3. The minimum absolute atomic E-state index is 0.141. The van der Waals surface area contributed by atoms with Gasteiger partial charge in [-0.05, 0) is 0 Å². The van der Waals surface area contributed by atoms with E-state index in [2.05, 4.69) is 15.3 Å². The molecule has 0 bridgehead atoms. The first-order valence-electron chi connectivity index (χ1n) is 6.07. The maximum absolute atomic E-state index is 11.3. The zero-order valence-corrected chi connectivity index (χ0v) is 12.3. The van der Waals surface area contributed by atoms with Crippen LogP contribution in [0.4, 0.5) is 11.6 Å². The fourth-order valence-corrected chi connectivity index (χ4v) is 1.95. The van der Waals surface area contributed by atoms with E-state index in [4.69, 9.17) is 5.73 Å². The van der Waals surface area contributed by atoms with Gasteiger partial charge in [-0.15, -0.1) is 0 Å². The Morgan fingerprint density at radius 3 is 2.61 bits per heavy atom. The van der Waals surface area contributed by atoms with Gasteiger partial charge in [-0.3, -0.25) is 4.21 Å². The fourth-order valence-electron chi connectivity index (χ4n) is 1.33. The SMILES string of the molecule is CCS(=O)CCNc1cc(N)nc(C(C)(C)C)n1. The molecule has 1 unspecified atom stereocenters. The van der Waals surface area contributed by atoms with E-state index in [1.807, 2.05) is 27.7 Å². The fraction of sp³-hybridized carbons (Fsp3) is 0.667. The molecule has 0 fully saturated rings. The lowest BCUT2D eigenvalue weighted by molar-refractivity contribution is 0.547. The molecule has 18 heavy (non-hydrogen) atoms. The molecule has 6 heteroatoms. The van der Waals surface area contributed by atoms with Crippen LogP contribution >= 0.6 is 0 Å². The Kier molecular flexibility index (Phi) is 5.07. The van der Waals surface area contributed by atoms with Crippen molar-refractivity contribution in [1.82, 2.24) is 9.97 Å². The monoisotopic (exact) mass is 270 g/mol. The van der Waals surface area contributed by atoms with Crippen LogP contribution in [0.15, 0.2) is 6.07 Å². The standard InChI is InChI=1S/C12H22N4OS/c1-5-18(17)7-6-14-10-8-9(13)15-11(16-10)12(2,3)4/h8H,5-7H2,1-4H3,(H3,13,14,15,16). The lowest BCUT2D eigenvalue weighted by Crippen LogP contribution is -2.19. The largest absolute Gasteiger partial charge is 0.384 e. The van der Waals surface area contributed by atoms with Crippen molar-refractivity contribution in [3.63, 3.8) is 0 Å². The van der Waals surface area contributed by atoms with E-state index >= 15 is 0 Å². The van der Waals surface area contributed by atoms with E-state index in [-0.39, 0.29) is 5.41 Å². The highest BCUT2D eigenvalue weighted by Gasteiger charge is 2.18. The van der Waals surface area contributed by atoms with Crippen LogP contribution in [-0.4, -0.2) is 32.2 Å². The lowest BCUT2D eigenvalue weighted by atomic mass is 9.96. The van der Waals surface area contributed by atoms with Crippen LogP contribution in [0.25, 0.3) is 0 Å². The highest BCUT2D eigenvalue weighted by Crippen LogP contribution is 2.20. The Balaban J connectivity index is 2.72. The molecule has 0 aliphatic carbocycles. The van der Waals surface area contributed by atoms with Gasteiger partial charge in [0.05, 0.1) is 0 Å². The topological polar surface area (TPSA) is 80.9 Å². The minimum Gasteiger partial charge on any atom is -0.384 e. The number of aromatic nitrogens is 2. The van der Waals surface area contributed by atoms with Crippen molar-refractivity contribution in [2.24, 2.45) is 0 Å². The Labute approximate surface area is 111 Å². The lowest BCUT2D eigenvalue weighted by Gasteiger charge is -2.18. The average Bonchev–Trinajstić information content (AvgIpc) is 2.27. The molecule has 0 radical (unpaired) electrons. The van der Waals surface area contributed by atoms with Gasteiger partial charge in [0.25, 0.3) is 0 Å². The molecule has 0 saturated heterocycles. The number of anilines is 2. The molecule has 1 aromatic rings. The summed E-state index contributed by atoms with van der Waals surface area (Å²) in [5, 5.41) is 3.14. The zero-order chi connectivity index (χ0) is 13.8.